The third kappa shape index (κ3) is 8.53. The van der Waals surface area contributed by atoms with Crippen molar-refractivity contribution in [1.29, 1.82) is 0 Å². The van der Waals surface area contributed by atoms with Crippen molar-refractivity contribution in [2.45, 2.75) is 25.6 Å². The molecular weight excluding hydrogens is 491 g/mol. The molecule has 2 unspecified atom stereocenters. The molecular formula is C28H27FN4O5. The van der Waals surface area contributed by atoms with E-state index in [1.54, 1.807) is 48.5 Å². The monoisotopic (exact) mass is 518 g/mol. The van der Waals surface area contributed by atoms with Gasteiger partial charge in [-0.15, -0.1) is 0 Å². The van der Waals surface area contributed by atoms with Crippen LogP contribution in [-0.4, -0.2) is 46.7 Å². The van der Waals surface area contributed by atoms with Gasteiger partial charge in [0.05, 0.1) is 12.6 Å². The Hall–Kier alpha value is -4.56. The van der Waals surface area contributed by atoms with Gasteiger partial charge >= 0.3 is 0 Å². The summed E-state index contributed by atoms with van der Waals surface area (Å²) in [5, 5.41) is 26.6. The number of benzene rings is 3. The Morgan fingerprint density at radius 3 is 2.29 bits per heavy atom. The van der Waals surface area contributed by atoms with E-state index >= 15 is 0 Å². The highest BCUT2D eigenvalue weighted by Gasteiger charge is 2.25. The molecule has 0 aliphatic carbocycles. The molecule has 0 aromatic heterocycles. The number of amides is 3. The Bertz CT molecular complexity index is 1330. The van der Waals surface area contributed by atoms with Crippen molar-refractivity contribution in [3.8, 4) is 11.8 Å². The van der Waals surface area contributed by atoms with E-state index in [0.29, 0.717) is 23.4 Å². The Morgan fingerprint density at radius 1 is 0.947 bits per heavy atom. The van der Waals surface area contributed by atoms with Crippen molar-refractivity contribution in [2.75, 3.05) is 11.9 Å². The number of anilines is 1. The summed E-state index contributed by atoms with van der Waals surface area (Å²) in [6.07, 6.45) is -1.22. The Labute approximate surface area is 219 Å². The Morgan fingerprint density at radius 2 is 1.63 bits per heavy atom. The van der Waals surface area contributed by atoms with Crippen molar-refractivity contribution in [2.24, 2.45) is 0 Å². The molecule has 0 fully saturated rings. The zero-order chi connectivity index (χ0) is 27.5. The van der Waals surface area contributed by atoms with Gasteiger partial charge in [-0.05, 0) is 67.1 Å². The van der Waals surface area contributed by atoms with Crippen LogP contribution in [-0.2, 0) is 16.1 Å². The van der Waals surface area contributed by atoms with Crippen LogP contribution in [0.15, 0.2) is 72.8 Å². The summed E-state index contributed by atoms with van der Waals surface area (Å²) in [7, 11) is 0. The number of carbonyl (C=O) groups excluding carboxylic acids is 3. The third-order valence-corrected chi connectivity index (χ3v) is 5.33. The lowest BCUT2D eigenvalue weighted by atomic mass is 10.1. The predicted molar refractivity (Wildman–Crippen MR) is 138 cm³/mol. The summed E-state index contributed by atoms with van der Waals surface area (Å²) < 4.78 is 12.9. The molecule has 0 aliphatic rings. The number of hydrogen-bond acceptors (Lipinski definition) is 6. The molecule has 0 radical (unpaired) electrons. The van der Waals surface area contributed by atoms with Crippen molar-refractivity contribution >= 4 is 23.4 Å². The van der Waals surface area contributed by atoms with Crippen LogP contribution in [0.1, 0.15) is 34.0 Å². The lowest BCUT2D eigenvalue weighted by Crippen LogP contribution is -2.51. The number of nitrogens with one attached hydrogen (secondary N) is 4. The van der Waals surface area contributed by atoms with Gasteiger partial charge in [0.15, 0.2) is 0 Å². The van der Waals surface area contributed by atoms with Crippen molar-refractivity contribution < 1.29 is 29.1 Å². The number of aliphatic hydroxyl groups is 1. The minimum atomic E-state index is -1.33. The Kier molecular flexibility index (Phi) is 10.1. The largest absolute Gasteiger partial charge is 0.391 e. The first-order valence-corrected chi connectivity index (χ1v) is 11.6. The normalized spacial score (nSPS) is 11.9. The van der Waals surface area contributed by atoms with Crippen LogP contribution < -0.4 is 21.4 Å². The van der Waals surface area contributed by atoms with Crippen LogP contribution >= 0.6 is 0 Å². The second-order valence-electron chi connectivity index (χ2n) is 8.35. The van der Waals surface area contributed by atoms with Crippen molar-refractivity contribution in [1.82, 2.24) is 16.1 Å². The summed E-state index contributed by atoms with van der Waals surface area (Å²) in [6, 6.07) is 18.0. The third-order valence-electron chi connectivity index (χ3n) is 5.33. The molecule has 0 saturated heterocycles. The first kappa shape index (κ1) is 28.0. The minimum absolute atomic E-state index is 0.0888. The van der Waals surface area contributed by atoms with E-state index in [2.05, 4.69) is 27.8 Å². The molecule has 9 nitrogen and oxygen atoms in total. The molecule has 0 spiro atoms. The summed E-state index contributed by atoms with van der Waals surface area (Å²) in [6.45, 7) is 1.83. The van der Waals surface area contributed by atoms with E-state index in [-0.39, 0.29) is 23.8 Å². The minimum Gasteiger partial charge on any atom is -0.391 e. The first-order valence-electron chi connectivity index (χ1n) is 11.6. The lowest BCUT2D eigenvalue weighted by Gasteiger charge is -2.19. The first-order chi connectivity index (χ1) is 18.2. The van der Waals surface area contributed by atoms with Gasteiger partial charge in [0.1, 0.15) is 11.9 Å². The van der Waals surface area contributed by atoms with Gasteiger partial charge in [0.2, 0.25) is 5.91 Å². The standard InChI is InChI=1S/C28H27FN4O5/c1-18(34)26(28(37)33-38)32-27(36)22-4-2-3-20(15-22)6-5-19-9-13-24(14-10-19)31-25(35)17-30-16-21-7-11-23(29)12-8-21/h2-4,7-15,18,26,30,34,38H,16-17H2,1H3,(H,31,35)(H,32,36)(H,33,37). The zero-order valence-electron chi connectivity index (χ0n) is 20.5. The maximum absolute atomic E-state index is 12.9. The van der Waals surface area contributed by atoms with Gasteiger partial charge in [-0.25, -0.2) is 9.87 Å². The zero-order valence-corrected chi connectivity index (χ0v) is 20.5. The van der Waals surface area contributed by atoms with Crippen LogP contribution in [0.5, 0.6) is 0 Å². The van der Waals surface area contributed by atoms with Crippen LogP contribution in [0.4, 0.5) is 10.1 Å². The summed E-state index contributed by atoms with van der Waals surface area (Å²) >= 11 is 0. The lowest BCUT2D eigenvalue weighted by molar-refractivity contribution is -0.133. The SMILES string of the molecule is CC(O)C(NC(=O)c1cccc(C#Cc2ccc(NC(=O)CNCc3ccc(F)cc3)cc2)c1)C(=O)NO. The maximum atomic E-state index is 12.9. The molecule has 2 atom stereocenters. The molecule has 3 rings (SSSR count). The predicted octanol–water partition coefficient (Wildman–Crippen LogP) is 1.94. The average molecular weight is 519 g/mol. The van der Waals surface area contributed by atoms with E-state index in [4.69, 9.17) is 5.21 Å². The molecule has 3 aromatic carbocycles. The molecule has 10 heteroatoms. The molecule has 6 N–H and O–H groups in total. The van der Waals surface area contributed by atoms with E-state index < -0.39 is 24.0 Å². The van der Waals surface area contributed by atoms with Gasteiger partial charge < -0.3 is 21.1 Å². The summed E-state index contributed by atoms with van der Waals surface area (Å²) in [5.41, 5.74) is 4.32. The van der Waals surface area contributed by atoms with E-state index in [1.165, 1.54) is 36.7 Å². The number of hydroxylamine groups is 1. The highest BCUT2D eigenvalue weighted by molar-refractivity contribution is 5.97. The molecule has 0 aliphatic heterocycles. The number of aliphatic hydroxyl groups excluding tert-OH is 1. The molecule has 3 aromatic rings. The fourth-order valence-corrected chi connectivity index (χ4v) is 3.35. The smallest absolute Gasteiger partial charge is 0.268 e. The second-order valence-corrected chi connectivity index (χ2v) is 8.35. The number of hydrogen-bond donors (Lipinski definition) is 6. The molecule has 196 valence electrons. The maximum Gasteiger partial charge on any atom is 0.268 e. The van der Waals surface area contributed by atoms with Crippen LogP contribution in [0.2, 0.25) is 0 Å². The van der Waals surface area contributed by atoms with Crippen LogP contribution in [0, 0.1) is 17.7 Å². The molecule has 0 heterocycles. The number of rotatable bonds is 9. The van der Waals surface area contributed by atoms with Gasteiger partial charge in [0.25, 0.3) is 11.8 Å². The van der Waals surface area contributed by atoms with E-state index in [0.717, 1.165) is 5.56 Å². The molecule has 3 amide bonds. The summed E-state index contributed by atoms with van der Waals surface area (Å²) in [4.78, 5) is 36.3. The van der Waals surface area contributed by atoms with Gasteiger partial charge in [-0.3, -0.25) is 19.6 Å². The number of halogens is 1. The van der Waals surface area contributed by atoms with Crippen LogP contribution in [0.3, 0.4) is 0 Å². The second kappa shape index (κ2) is 13.7. The van der Waals surface area contributed by atoms with E-state index in [9.17, 15) is 23.9 Å². The van der Waals surface area contributed by atoms with Crippen molar-refractivity contribution in [3.63, 3.8) is 0 Å². The van der Waals surface area contributed by atoms with Gasteiger partial charge in [-0.2, -0.15) is 0 Å². The molecule has 0 saturated carbocycles. The van der Waals surface area contributed by atoms with E-state index in [1.807, 2.05) is 0 Å². The van der Waals surface area contributed by atoms with Gasteiger partial charge in [-0.1, -0.05) is 30.0 Å². The highest BCUT2D eigenvalue weighted by Crippen LogP contribution is 2.10. The molecule has 0 bridgehead atoms. The Balaban J connectivity index is 1.54. The fourth-order valence-electron chi connectivity index (χ4n) is 3.35. The number of carbonyl (C=O) groups is 3. The van der Waals surface area contributed by atoms with Gasteiger partial charge in [0, 0.05) is 28.9 Å². The summed E-state index contributed by atoms with van der Waals surface area (Å²) in [5.74, 6) is 3.84. The fraction of sp³-hybridized carbons (Fsp3) is 0.179. The highest BCUT2D eigenvalue weighted by atomic mass is 19.1. The quantitative estimate of drug-likeness (QED) is 0.145. The van der Waals surface area contributed by atoms with Crippen LogP contribution in [0.25, 0.3) is 0 Å². The molecule has 38 heavy (non-hydrogen) atoms. The topological polar surface area (TPSA) is 140 Å². The van der Waals surface area contributed by atoms with Crippen molar-refractivity contribution in [3.05, 3.63) is 101 Å². The average Bonchev–Trinajstić information content (AvgIpc) is 2.92.